The SMILES string of the molecule is C[C@@H](O)[C@H](NC(=O)NCCCn1ccnc1)C(=O)O. The zero-order chi connectivity index (χ0) is 14.3. The van der Waals surface area contributed by atoms with Crippen LogP contribution in [0.5, 0.6) is 0 Å². The minimum Gasteiger partial charge on any atom is -0.480 e. The molecule has 2 atom stereocenters. The van der Waals surface area contributed by atoms with Gasteiger partial charge in [-0.15, -0.1) is 0 Å². The molecule has 1 aromatic rings. The molecule has 19 heavy (non-hydrogen) atoms. The molecule has 106 valence electrons. The molecule has 0 radical (unpaired) electrons. The molecule has 8 heteroatoms. The first-order valence-corrected chi connectivity index (χ1v) is 5.91. The van der Waals surface area contributed by atoms with Gasteiger partial charge in [0.05, 0.1) is 12.4 Å². The Labute approximate surface area is 110 Å². The van der Waals surface area contributed by atoms with Crippen LogP contribution >= 0.6 is 0 Å². The Morgan fingerprint density at radius 3 is 2.74 bits per heavy atom. The summed E-state index contributed by atoms with van der Waals surface area (Å²) in [5.41, 5.74) is 0. The maximum absolute atomic E-state index is 11.4. The van der Waals surface area contributed by atoms with Crippen molar-refractivity contribution in [3.8, 4) is 0 Å². The van der Waals surface area contributed by atoms with Crippen molar-refractivity contribution in [2.75, 3.05) is 6.54 Å². The van der Waals surface area contributed by atoms with Gasteiger partial charge in [0.1, 0.15) is 0 Å². The van der Waals surface area contributed by atoms with Gasteiger partial charge in [0, 0.05) is 25.5 Å². The van der Waals surface area contributed by atoms with Gasteiger partial charge in [0.2, 0.25) is 0 Å². The molecule has 0 aliphatic carbocycles. The molecular formula is C11H18N4O4. The van der Waals surface area contributed by atoms with Crippen molar-refractivity contribution in [2.45, 2.75) is 32.0 Å². The Hall–Kier alpha value is -2.09. The Kier molecular flexibility index (Phi) is 5.80. The second kappa shape index (κ2) is 7.37. The number of imidazole rings is 1. The van der Waals surface area contributed by atoms with E-state index in [2.05, 4.69) is 15.6 Å². The van der Waals surface area contributed by atoms with E-state index in [4.69, 9.17) is 5.11 Å². The summed E-state index contributed by atoms with van der Waals surface area (Å²) in [6, 6.07) is -1.92. The number of rotatable bonds is 7. The van der Waals surface area contributed by atoms with Gasteiger partial charge < -0.3 is 25.4 Å². The number of carbonyl (C=O) groups is 2. The summed E-state index contributed by atoms with van der Waals surface area (Å²) in [6.07, 6.45) is 4.69. The fraction of sp³-hybridized carbons (Fsp3) is 0.545. The van der Waals surface area contributed by atoms with Crippen LogP contribution in [0.1, 0.15) is 13.3 Å². The number of nitrogens with one attached hydrogen (secondary N) is 2. The number of urea groups is 1. The molecule has 0 bridgehead atoms. The molecule has 0 spiro atoms. The number of nitrogens with zero attached hydrogens (tertiary/aromatic N) is 2. The standard InChI is InChI=1S/C11H18N4O4/c1-8(16)9(10(17)18)14-11(19)13-3-2-5-15-6-4-12-7-15/h4,6-9,16H,2-3,5H2,1H3,(H,17,18)(H2,13,14,19)/t8-,9+/m1/s1. The average molecular weight is 270 g/mol. The van der Waals surface area contributed by atoms with E-state index < -0.39 is 24.1 Å². The summed E-state index contributed by atoms with van der Waals surface area (Å²) in [4.78, 5) is 26.0. The third-order valence-electron chi connectivity index (χ3n) is 2.47. The number of carboxylic acid groups (broad SMARTS) is 1. The van der Waals surface area contributed by atoms with E-state index in [0.717, 1.165) is 0 Å². The van der Waals surface area contributed by atoms with Gasteiger partial charge >= 0.3 is 12.0 Å². The molecule has 1 aromatic heterocycles. The molecule has 0 unspecified atom stereocenters. The van der Waals surface area contributed by atoms with E-state index in [1.165, 1.54) is 6.92 Å². The zero-order valence-electron chi connectivity index (χ0n) is 10.6. The van der Waals surface area contributed by atoms with Gasteiger partial charge in [-0.1, -0.05) is 0 Å². The molecule has 1 rings (SSSR count). The van der Waals surface area contributed by atoms with Crippen molar-refractivity contribution < 1.29 is 19.8 Å². The summed E-state index contributed by atoms with van der Waals surface area (Å²) < 4.78 is 1.87. The Morgan fingerprint density at radius 2 is 2.21 bits per heavy atom. The zero-order valence-corrected chi connectivity index (χ0v) is 10.6. The van der Waals surface area contributed by atoms with Gasteiger partial charge in [-0.25, -0.2) is 14.6 Å². The largest absolute Gasteiger partial charge is 0.480 e. The van der Waals surface area contributed by atoms with Crippen LogP contribution in [0.3, 0.4) is 0 Å². The fourth-order valence-corrected chi connectivity index (χ4v) is 1.46. The van der Waals surface area contributed by atoms with Crippen LogP contribution in [0, 0.1) is 0 Å². The summed E-state index contributed by atoms with van der Waals surface area (Å²) in [5, 5.41) is 22.7. The smallest absolute Gasteiger partial charge is 0.328 e. The van der Waals surface area contributed by atoms with Crippen LogP contribution in [-0.4, -0.2) is 50.5 Å². The number of carboxylic acids is 1. The van der Waals surface area contributed by atoms with Crippen LogP contribution in [0.25, 0.3) is 0 Å². The molecular weight excluding hydrogens is 252 g/mol. The number of aromatic nitrogens is 2. The van der Waals surface area contributed by atoms with Crippen molar-refractivity contribution in [2.24, 2.45) is 0 Å². The summed E-state index contributed by atoms with van der Waals surface area (Å²) in [7, 11) is 0. The normalized spacial score (nSPS) is 13.6. The van der Waals surface area contributed by atoms with Gasteiger partial charge in [-0.3, -0.25) is 0 Å². The van der Waals surface area contributed by atoms with Crippen molar-refractivity contribution in [3.05, 3.63) is 18.7 Å². The van der Waals surface area contributed by atoms with Crippen LogP contribution < -0.4 is 10.6 Å². The molecule has 0 aromatic carbocycles. The van der Waals surface area contributed by atoms with Gasteiger partial charge in [-0.05, 0) is 13.3 Å². The second-order valence-corrected chi connectivity index (χ2v) is 4.11. The number of hydrogen-bond donors (Lipinski definition) is 4. The van der Waals surface area contributed by atoms with Crippen LogP contribution in [0.4, 0.5) is 4.79 Å². The highest BCUT2D eigenvalue weighted by Crippen LogP contribution is 1.93. The molecule has 1 heterocycles. The highest BCUT2D eigenvalue weighted by atomic mass is 16.4. The van der Waals surface area contributed by atoms with Crippen LogP contribution in [-0.2, 0) is 11.3 Å². The Balaban J connectivity index is 2.21. The van der Waals surface area contributed by atoms with E-state index in [1.807, 2.05) is 10.8 Å². The third-order valence-corrected chi connectivity index (χ3v) is 2.47. The number of aliphatic carboxylic acids is 1. The monoisotopic (exact) mass is 270 g/mol. The van der Waals surface area contributed by atoms with Crippen molar-refractivity contribution in [1.29, 1.82) is 0 Å². The third kappa shape index (κ3) is 5.38. The number of aliphatic hydroxyl groups excluding tert-OH is 1. The highest BCUT2D eigenvalue weighted by molar-refractivity contribution is 5.82. The summed E-state index contributed by atoms with van der Waals surface area (Å²) in [5.74, 6) is -1.27. The first-order chi connectivity index (χ1) is 9.00. The van der Waals surface area contributed by atoms with E-state index in [-0.39, 0.29) is 0 Å². The molecule has 0 fully saturated rings. The molecule has 0 saturated heterocycles. The van der Waals surface area contributed by atoms with Crippen LogP contribution in [0.2, 0.25) is 0 Å². The lowest BCUT2D eigenvalue weighted by Crippen LogP contribution is -2.51. The topological polar surface area (TPSA) is 116 Å². The number of amides is 2. The summed E-state index contributed by atoms with van der Waals surface area (Å²) in [6.45, 7) is 2.41. The van der Waals surface area contributed by atoms with E-state index >= 15 is 0 Å². The quantitative estimate of drug-likeness (QED) is 0.494. The molecule has 8 nitrogen and oxygen atoms in total. The van der Waals surface area contributed by atoms with Crippen molar-refractivity contribution in [1.82, 2.24) is 20.2 Å². The minimum atomic E-state index is -1.31. The number of hydrogen-bond acceptors (Lipinski definition) is 4. The fourth-order valence-electron chi connectivity index (χ4n) is 1.46. The van der Waals surface area contributed by atoms with Gasteiger partial charge in [0.25, 0.3) is 0 Å². The minimum absolute atomic E-state index is 0.399. The van der Waals surface area contributed by atoms with Crippen molar-refractivity contribution >= 4 is 12.0 Å². The number of aliphatic hydroxyl groups is 1. The number of carbonyl (C=O) groups excluding carboxylic acids is 1. The Morgan fingerprint density at radius 1 is 1.47 bits per heavy atom. The number of aryl methyl sites for hydroxylation is 1. The first-order valence-electron chi connectivity index (χ1n) is 5.91. The molecule has 0 saturated carbocycles. The van der Waals surface area contributed by atoms with Crippen molar-refractivity contribution in [3.63, 3.8) is 0 Å². The molecule has 0 aliphatic heterocycles. The molecule has 0 aliphatic rings. The predicted octanol–water partition coefficient (Wildman–Crippen LogP) is -0.594. The van der Waals surface area contributed by atoms with Gasteiger partial charge in [0.15, 0.2) is 6.04 Å². The maximum atomic E-state index is 11.4. The highest BCUT2D eigenvalue weighted by Gasteiger charge is 2.24. The maximum Gasteiger partial charge on any atom is 0.328 e. The Bertz CT molecular complexity index is 405. The second-order valence-electron chi connectivity index (χ2n) is 4.11. The van der Waals surface area contributed by atoms with E-state index in [1.54, 1.807) is 12.5 Å². The predicted molar refractivity (Wildman–Crippen MR) is 66.5 cm³/mol. The lowest BCUT2D eigenvalue weighted by atomic mass is 10.2. The molecule has 4 N–H and O–H groups in total. The first kappa shape index (κ1) is 15.0. The van der Waals surface area contributed by atoms with E-state index in [0.29, 0.717) is 19.5 Å². The molecule has 2 amide bonds. The van der Waals surface area contributed by atoms with Gasteiger partial charge in [-0.2, -0.15) is 0 Å². The van der Waals surface area contributed by atoms with E-state index in [9.17, 15) is 14.7 Å². The van der Waals surface area contributed by atoms with Crippen LogP contribution in [0.15, 0.2) is 18.7 Å². The lowest BCUT2D eigenvalue weighted by molar-refractivity contribution is -0.141. The lowest BCUT2D eigenvalue weighted by Gasteiger charge is -2.17. The average Bonchev–Trinajstić information content (AvgIpc) is 2.84. The summed E-state index contributed by atoms with van der Waals surface area (Å²) >= 11 is 0.